The van der Waals surface area contributed by atoms with Gasteiger partial charge >= 0.3 is 0 Å². The Bertz CT molecular complexity index is 521. The molecule has 0 spiro atoms. The maximum Gasteiger partial charge on any atom is 0.219 e. The summed E-state index contributed by atoms with van der Waals surface area (Å²) < 4.78 is 5.78. The van der Waals surface area contributed by atoms with Gasteiger partial charge in [-0.3, -0.25) is 0 Å². The van der Waals surface area contributed by atoms with Crippen LogP contribution in [0.1, 0.15) is 16.7 Å². The number of pyridine rings is 1. The van der Waals surface area contributed by atoms with Crippen molar-refractivity contribution in [3.63, 3.8) is 0 Å². The lowest BCUT2D eigenvalue weighted by atomic mass is 10.1. The monoisotopic (exact) mass is 242 g/mol. The molecule has 3 nitrogen and oxygen atoms in total. The Hall–Kier alpha value is -1.87. The second-order valence-electron chi connectivity index (χ2n) is 4.34. The summed E-state index contributed by atoms with van der Waals surface area (Å²) in [5, 5.41) is 0. The van der Waals surface area contributed by atoms with Crippen LogP contribution in [0.5, 0.6) is 11.6 Å². The van der Waals surface area contributed by atoms with Gasteiger partial charge in [0, 0.05) is 12.3 Å². The first kappa shape index (κ1) is 12.6. The fourth-order valence-electron chi connectivity index (χ4n) is 1.73. The third-order valence-electron chi connectivity index (χ3n) is 3.00. The van der Waals surface area contributed by atoms with E-state index in [9.17, 15) is 0 Å². The third-order valence-corrected chi connectivity index (χ3v) is 3.00. The van der Waals surface area contributed by atoms with Gasteiger partial charge in [-0.1, -0.05) is 18.2 Å². The molecular weight excluding hydrogens is 224 g/mol. The summed E-state index contributed by atoms with van der Waals surface area (Å²) in [7, 11) is 0. The van der Waals surface area contributed by atoms with E-state index in [-0.39, 0.29) is 0 Å². The van der Waals surface area contributed by atoms with Crippen LogP contribution in [0.15, 0.2) is 36.5 Å². The highest BCUT2D eigenvalue weighted by Crippen LogP contribution is 2.25. The van der Waals surface area contributed by atoms with Crippen molar-refractivity contribution in [2.45, 2.75) is 20.3 Å². The van der Waals surface area contributed by atoms with Gasteiger partial charge in [-0.25, -0.2) is 4.98 Å². The zero-order valence-corrected chi connectivity index (χ0v) is 10.8. The molecule has 0 bridgehead atoms. The van der Waals surface area contributed by atoms with E-state index < -0.39 is 0 Å². The molecule has 0 saturated heterocycles. The molecule has 0 saturated carbocycles. The first-order chi connectivity index (χ1) is 8.70. The highest BCUT2D eigenvalue weighted by atomic mass is 16.5. The molecule has 1 heterocycles. The zero-order chi connectivity index (χ0) is 13.0. The van der Waals surface area contributed by atoms with Crippen LogP contribution in [0.2, 0.25) is 0 Å². The van der Waals surface area contributed by atoms with E-state index in [4.69, 9.17) is 10.5 Å². The molecule has 1 aromatic carbocycles. The maximum atomic E-state index is 5.78. The molecule has 2 rings (SSSR count). The Balaban J connectivity index is 2.16. The van der Waals surface area contributed by atoms with Gasteiger partial charge in [-0.2, -0.15) is 0 Å². The topological polar surface area (TPSA) is 48.1 Å². The summed E-state index contributed by atoms with van der Waals surface area (Å²) in [6.07, 6.45) is 2.66. The summed E-state index contributed by atoms with van der Waals surface area (Å²) >= 11 is 0. The van der Waals surface area contributed by atoms with Crippen molar-refractivity contribution in [2.75, 3.05) is 6.54 Å². The smallest absolute Gasteiger partial charge is 0.219 e. The Kier molecular flexibility index (Phi) is 3.95. The SMILES string of the molecule is Cc1cccc(Oc2ccc(CCN)cn2)c1C. The summed E-state index contributed by atoms with van der Waals surface area (Å²) in [5.41, 5.74) is 8.99. The Labute approximate surface area is 108 Å². The van der Waals surface area contributed by atoms with Crippen LogP contribution >= 0.6 is 0 Å². The lowest BCUT2D eigenvalue weighted by Crippen LogP contribution is -2.03. The average Bonchev–Trinajstić information content (AvgIpc) is 2.38. The van der Waals surface area contributed by atoms with E-state index in [1.165, 1.54) is 5.56 Å². The predicted molar refractivity (Wildman–Crippen MR) is 73.0 cm³/mol. The van der Waals surface area contributed by atoms with Crippen LogP contribution in [0.3, 0.4) is 0 Å². The number of hydrogen-bond donors (Lipinski definition) is 1. The molecule has 18 heavy (non-hydrogen) atoms. The van der Waals surface area contributed by atoms with Crippen molar-refractivity contribution in [1.82, 2.24) is 4.98 Å². The van der Waals surface area contributed by atoms with Crippen LogP contribution in [0, 0.1) is 13.8 Å². The number of benzene rings is 1. The van der Waals surface area contributed by atoms with E-state index in [0.717, 1.165) is 23.3 Å². The predicted octanol–water partition coefficient (Wildman–Crippen LogP) is 2.99. The van der Waals surface area contributed by atoms with Crippen LogP contribution in [-0.4, -0.2) is 11.5 Å². The molecule has 0 unspecified atom stereocenters. The van der Waals surface area contributed by atoms with Crippen molar-refractivity contribution in [3.8, 4) is 11.6 Å². The van der Waals surface area contributed by atoms with Crippen molar-refractivity contribution in [2.24, 2.45) is 5.73 Å². The van der Waals surface area contributed by atoms with Crippen molar-refractivity contribution in [3.05, 3.63) is 53.2 Å². The normalized spacial score (nSPS) is 10.4. The Morgan fingerprint density at radius 2 is 2.00 bits per heavy atom. The van der Waals surface area contributed by atoms with Gasteiger partial charge < -0.3 is 10.5 Å². The lowest BCUT2D eigenvalue weighted by Gasteiger charge is -2.09. The number of rotatable bonds is 4. The van der Waals surface area contributed by atoms with Crippen molar-refractivity contribution in [1.29, 1.82) is 0 Å². The highest BCUT2D eigenvalue weighted by molar-refractivity contribution is 5.40. The third kappa shape index (κ3) is 2.87. The average molecular weight is 242 g/mol. The van der Waals surface area contributed by atoms with Gasteiger partial charge in [0.25, 0.3) is 0 Å². The number of ether oxygens (including phenoxy) is 1. The quantitative estimate of drug-likeness (QED) is 0.896. The number of nitrogens with two attached hydrogens (primary N) is 1. The van der Waals surface area contributed by atoms with Crippen LogP contribution in [0.25, 0.3) is 0 Å². The number of aromatic nitrogens is 1. The summed E-state index contributed by atoms with van der Waals surface area (Å²) in [4.78, 5) is 4.29. The van der Waals surface area contributed by atoms with Gasteiger partial charge in [0.15, 0.2) is 0 Å². The zero-order valence-electron chi connectivity index (χ0n) is 10.8. The van der Waals surface area contributed by atoms with E-state index >= 15 is 0 Å². The fraction of sp³-hybridized carbons (Fsp3) is 0.267. The maximum absolute atomic E-state index is 5.78. The standard InChI is InChI=1S/C15H18N2O/c1-11-4-3-5-14(12(11)2)18-15-7-6-13(8-9-16)10-17-15/h3-7,10H,8-9,16H2,1-2H3. The molecular formula is C15H18N2O. The molecule has 94 valence electrons. The van der Waals surface area contributed by atoms with Gasteiger partial charge in [0.1, 0.15) is 5.75 Å². The fourth-order valence-corrected chi connectivity index (χ4v) is 1.73. The lowest BCUT2D eigenvalue weighted by molar-refractivity contribution is 0.458. The van der Waals surface area contributed by atoms with Crippen LogP contribution < -0.4 is 10.5 Å². The van der Waals surface area contributed by atoms with Crippen LogP contribution in [-0.2, 0) is 6.42 Å². The number of nitrogens with zero attached hydrogens (tertiary/aromatic N) is 1. The molecule has 3 heteroatoms. The van der Waals surface area contributed by atoms with E-state index in [0.29, 0.717) is 12.4 Å². The van der Waals surface area contributed by atoms with Gasteiger partial charge in [0.2, 0.25) is 5.88 Å². The first-order valence-electron chi connectivity index (χ1n) is 6.10. The summed E-state index contributed by atoms with van der Waals surface area (Å²) in [6.45, 7) is 4.76. The Morgan fingerprint density at radius 3 is 2.67 bits per heavy atom. The van der Waals surface area contributed by atoms with Gasteiger partial charge in [0.05, 0.1) is 0 Å². The minimum absolute atomic E-state index is 0.615. The van der Waals surface area contributed by atoms with Crippen LogP contribution in [0.4, 0.5) is 0 Å². The van der Waals surface area contributed by atoms with Crippen molar-refractivity contribution < 1.29 is 4.74 Å². The van der Waals surface area contributed by atoms with E-state index in [2.05, 4.69) is 18.0 Å². The molecule has 0 aliphatic heterocycles. The molecule has 0 aliphatic carbocycles. The second-order valence-corrected chi connectivity index (χ2v) is 4.34. The molecule has 0 fully saturated rings. The first-order valence-corrected chi connectivity index (χ1v) is 6.10. The molecule has 0 radical (unpaired) electrons. The van der Waals surface area contributed by atoms with Gasteiger partial charge in [-0.15, -0.1) is 0 Å². The van der Waals surface area contributed by atoms with Gasteiger partial charge in [-0.05, 0) is 49.6 Å². The molecule has 0 atom stereocenters. The largest absolute Gasteiger partial charge is 0.439 e. The number of hydrogen-bond acceptors (Lipinski definition) is 3. The summed E-state index contributed by atoms with van der Waals surface area (Å²) in [6, 6.07) is 9.89. The molecule has 0 aliphatic rings. The van der Waals surface area contributed by atoms with E-state index in [1.807, 2.05) is 37.4 Å². The second kappa shape index (κ2) is 5.65. The Morgan fingerprint density at radius 1 is 1.17 bits per heavy atom. The molecule has 2 N–H and O–H groups in total. The van der Waals surface area contributed by atoms with E-state index in [1.54, 1.807) is 0 Å². The minimum atomic E-state index is 0.615. The molecule has 2 aromatic rings. The molecule has 1 aromatic heterocycles. The molecule has 0 amide bonds. The van der Waals surface area contributed by atoms with Crippen molar-refractivity contribution >= 4 is 0 Å². The highest BCUT2D eigenvalue weighted by Gasteiger charge is 2.04. The minimum Gasteiger partial charge on any atom is -0.439 e. The summed E-state index contributed by atoms with van der Waals surface area (Å²) in [5.74, 6) is 1.47. The number of aryl methyl sites for hydroxylation is 1.